The third kappa shape index (κ3) is 4.47. The smallest absolute Gasteiger partial charge is 0.315 e. The van der Waals surface area contributed by atoms with Crippen molar-refractivity contribution in [3.63, 3.8) is 0 Å². The fourth-order valence-electron chi connectivity index (χ4n) is 1.98. The summed E-state index contributed by atoms with van der Waals surface area (Å²) in [6.45, 7) is 8.57. The summed E-state index contributed by atoms with van der Waals surface area (Å²) in [5.41, 5.74) is -1.02. The number of nitrogens with one attached hydrogen (secondary N) is 1. The summed E-state index contributed by atoms with van der Waals surface area (Å²) in [7, 11) is 0. The van der Waals surface area contributed by atoms with Gasteiger partial charge in [-0.1, -0.05) is 33.8 Å². The Morgan fingerprint density at radius 3 is 2.20 bits per heavy atom. The van der Waals surface area contributed by atoms with Crippen LogP contribution in [0.25, 0.3) is 0 Å². The second-order valence-corrected chi connectivity index (χ2v) is 5.94. The lowest BCUT2D eigenvalue weighted by Crippen LogP contribution is -2.29. The van der Waals surface area contributed by atoms with Crippen molar-refractivity contribution in [2.24, 2.45) is 0 Å². The van der Waals surface area contributed by atoms with Crippen molar-refractivity contribution in [3.05, 3.63) is 35.1 Å². The predicted octanol–water partition coefficient (Wildman–Crippen LogP) is 4.51. The zero-order valence-electron chi connectivity index (χ0n) is 12.2. The maximum Gasteiger partial charge on any atom is 0.419 e. The number of hydrogen-bond donors (Lipinski definition) is 1. The lowest BCUT2D eigenvalue weighted by atomic mass is 9.81. The Morgan fingerprint density at radius 1 is 1.15 bits per heavy atom. The first-order valence-corrected chi connectivity index (χ1v) is 6.64. The van der Waals surface area contributed by atoms with E-state index in [2.05, 4.69) is 5.32 Å². The maximum absolute atomic E-state index is 13.6. The van der Waals surface area contributed by atoms with Crippen LogP contribution < -0.4 is 5.32 Å². The zero-order chi connectivity index (χ0) is 15.6. The number of halogens is 4. The molecule has 0 aliphatic carbocycles. The van der Waals surface area contributed by atoms with Crippen molar-refractivity contribution < 1.29 is 17.6 Å². The topological polar surface area (TPSA) is 12.0 Å². The van der Waals surface area contributed by atoms with E-state index in [1.54, 1.807) is 0 Å². The largest absolute Gasteiger partial charge is 0.419 e. The van der Waals surface area contributed by atoms with Crippen LogP contribution in [0.1, 0.15) is 45.2 Å². The summed E-state index contributed by atoms with van der Waals surface area (Å²) in [5.74, 6) is -1.21. The van der Waals surface area contributed by atoms with Gasteiger partial charge in [0.15, 0.2) is 0 Å². The fraction of sp³-hybridized carbons (Fsp3) is 0.600. The van der Waals surface area contributed by atoms with E-state index in [0.717, 1.165) is 25.1 Å². The van der Waals surface area contributed by atoms with E-state index in [0.29, 0.717) is 11.6 Å². The molecular weight excluding hydrogens is 270 g/mol. The van der Waals surface area contributed by atoms with Gasteiger partial charge in [-0.3, -0.25) is 0 Å². The highest BCUT2D eigenvalue weighted by Crippen LogP contribution is 2.34. The third-order valence-corrected chi connectivity index (χ3v) is 3.36. The van der Waals surface area contributed by atoms with Crippen molar-refractivity contribution in [3.8, 4) is 0 Å². The van der Waals surface area contributed by atoms with E-state index in [4.69, 9.17) is 0 Å². The van der Waals surface area contributed by atoms with Crippen LogP contribution in [0.2, 0.25) is 0 Å². The highest BCUT2D eigenvalue weighted by atomic mass is 19.4. The molecule has 1 rings (SSSR count). The van der Waals surface area contributed by atoms with Crippen molar-refractivity contribution in [2.45, 2.75) is 51.7 Å². The van der Waals surface area contributed by atoms with E-state index in [1.807, 2.05) is 27.7 Å². The van der Waals surface area contributed by atoms with Crippen LogP contribution in [0.15, 0.2) is 18.2 Å². The van der Waals surface area contributed by atoms with Crippen molar-refractivity contribution in [2.75, 3.05) is 6.54 Å². The molecule has 0 aromatic heterocycles. The quantitative estimate of drug-likeness (QED) is 0.787. The van der Waals surface area contributed by atoms with Gasteiger partial charge in [-0.25, -0.2) is 4.39 Å². The standard InChI is InChI=1S/C15H21F4N/c1-10(2)20-8-7-14(3,4)11-5-6-12(13(16)9-11)15(17,18)19/h5-6,9-10,20H,7-8H2,1-4H3. The average Bonchev–Trinajstić information content (AvgIpc) is 2.26. The van der Waals surface area contributed by atoms with Gasteiger partial charge in [-0.15, -0.1) is 0 Å². The number of alkyl halides is 3. The second kappa shape index (κ2) is 6.12. The average molecular weight is 291 g/mol. The maximum atomic E-state index is 13.6. The lowest BCUT2D eigenvalue weighted by molar-refractivity contribution is -0.140. The minimum absolute atomic E-state index is 0.343. The minimum atomic E-state index is -4.65. The van der Waals surface area contributed by atoms with Gasteiger partial charge in [0.05, 0.1) is 5.56 Å². The van der Waals surface area contributed by atoms with Crippen LogP contribution in [0, 0.1) is 5.82 Å². The van der Waals surface area contributed by atoms with Gasteiger partial charge in [0, 0.05) is 6.04 Å². The van der Waals surface area contributed by atoms with Crippen LogP contribution in [-0.4, -0.2) is 12.6 Å². The molecule has 20 heavy (non-hydrogen) atoms. The van der Waals surface area contributed by atoms with Gasteiger partial charge < -0.3 is 5.32 Å². The molecule has 0 saturated heterocycles. The Labute approximate surface area is 117 Å². The van der Waals surface area contributed by atoms with E-state index in [1.165, 1.54) is 6.07 Å². The van der Waals surface area contributed by atoms with E-state index in [-0.39, 0.29) is 5.41 Å². The highest BCUT2D eigenvalue weighted by Gasteiger charge is 2.34. The molecule has 0 aliphatic heterocycles. The monoisotopic (exact) mass is 291 g/mol. The molecule has 0 fully saturated rings. The molecule has 0 heterocycles. The molecule has 114 valence electrons. The van der Waals surface area contributed by atoms with Crippen molar-refractivity contribution in [1.82, 2.24) is 5.32 Å². The third-order valence-electron chi connectivity index (χ3n) is 3.36. The first-order chi connectivity index (χ1) is 9.04. The SMILES string of the molecule is CC(C)NCCC(C)(C)c1ccc(C(F)(F)F)c(F)c1. The summed E-state index contributed by atoms with van der Waals surface area (Å²) in [5, 5.41) is 3.25. The Balaban J connectivity index is 2.88. The first-order valence-electron chi connectivity index (χ1n) is 6.64. The summed E-state index contributed by atoms with van der Waals surface area (Å²) in [6.07, 6.45) is -3.93. The molecule has 1 N–H and O–H groups in total. The van der Waals surface area contributed by atoms with Crippen LogP contribution in [0.5, 0.6) is 0 Å². The molecule has 0 spiro atoms. The Morgan fingerprint density at radius 2 is 1.75 bits per heavy atom. The summed E-state index contributed by atoms with van der Waals surface area (Å²) >= 11 is 0. The molecule has 1 aromatic rings. The van der Waals surface area contributed by atoms with Gasteiger partial charge >= 0.3 is 6.18 Å². The molecule has 0 radical (unpaired) electrons. The van der Waals surface area contributed by atoms with Gasteiger partial charge in [0.1, 0.15) is 5.82 Å². The van der Waals surface area contributed by atoms with Gasteiger partial charge in [-0.2, -0.15) is 13.2 Å². The first kappa shape index (κ1) is 17.0. The van der Waals surface area contributed by atoms with Gasteiger partial charge in [0.25, 0.3) is 0 Å². The molecule has 0 bridgehead atoms. The predicted molar refractivity (Wildman–Crippen MR) is 72.2 cm³/mol. The summed E-state index contributed by atoms with van der Waals surface area (Å²) in [6, 6.07) is 3.53. The van der Waals surface area contributed by atoms with Crippen LogP contribution >= 0.6 is 0 Å². The number of rotatable bonds is 5. The van der Waals surface area contributed by atoms with Crippen molar-refractivity contribution >= 4 is 0 Å². The van der Waals surface area contributed by atoms with E-state index in [9.17, 15) is 17.6 Å². The minimum Gasteiger partial charge on any atom is -0.315 e. The fourth-order valence-corrected chi connectivity index (χ4v) is 1.98. The number of benzene rings is 1. The highest BCUT2D eigenvalue weighted by molar-refractivity contribution is 5.31. The molecule has 5 heteroatoms. The summed E-state index contributed by atoms with van der Waals surface area (Å²) in [4.78, 5) is 0. The Hall–Kier alpha value is -1.10. The van der Waals surface area contributed by atoms with E-state index < -0.39 is 17.6 Å². The molecule has 0 saturated carbocycles. The molecule has 0 atom stereocenters. The molecule has 1 aromatic carbocycles. The van der Waals surface area contributed by atoms with Gasteiger partial charge in [0.2, 0.25) is 0 Å². The molecule has 1 nitrogen and oxygen atoms in total. The van der Waals surface area contributed by atoms with Crippen molar-refractivity contribution in [1.29, 1.82) is 0 Å². The molecule has 0 aliphatic rings. The second-order valence-electron chi connectivity index (χ2n) is 5.94. The Kier molecular flexibility index (Phi) is 5.19. The normalized spacial score (nSPS) is 13.1. The Bertz CT molecular complexity index is 450. The van der Waals surface area contributed by atoms with Crippen LogP contribution in [0.3, 0.4) is 0 Å². The van der Waals surface area contributed by atoms with E-state index >= 15 is 0 Å². The molecular formula is C15H21F4N. The zero-order valence-corrected chi connectivity index (χ0v) is 12.2. The number of hydrogen-bond acceptors (Lipinski definition) is 1. The molecule has 0 unspecified atom stereocenters. The lowest BCUT2D eigenvalue weighted by Gasteiger charge is -2.26. The molecule has 0 amide bonds. The van der Waals surface area contributed by atoms with Gasteiger partial charge in [-0.05, 0) is 36.1 Å². The van der Waals surface area contributed by atoms with Crippen LogP contribution in [0.4, 0.5) is 17.6 Å². The van der Waals surface area contributed by atoms with Crippen LogP contribution in [-0.2, 0) is 11.6 Å². The summed E-state index contributed by atoms with van der Waals surface area (Å²) < 4.78 is 51.1.